The molecule has 0 saturated carbocycles. The van der Waals surface area contributed by atoms with Crippen LogP contribution in [0.4, 0.5) is 0 Å². The number of pyridine rings is 1. The molecule has 0 spiro atoms. The maximum Gasteiger partial charge on any atom is 0.219 e. The van der Waals surface area contributed by atoms with Gasteiger partial charge < -0.3 is 4.74 Å². The number of hydrogen-bond acceptors (Lipinski definition) is 5. The molecule has 0 aliphatic carbocycles. The summed E-state index contributed by atoms with van der Waals surface area (Å²) in [6.07, 6.45) is 5.01. The van der Waals surface area contributed by atoms with Crippen molar-refractivity contribution in [1.29, 1.82) is 5.26 Å². The molecular formula is C22H21ClN4O. The average Bonchev–Trinajstić information content (AvgIpc) is 2.72. The molecule has 0 unspecified atom stereocenters. The second kappa shape index (κ2) is 9.29. The summed E-state index contributed by atoms with van der Waals surface area (Å²) in [6.45, 7) is 3.95. The number of ether oxygens (including phenoxy) is 1. The summed E-state index contributed by atoms with van der Waals surface area (Å²) in [5.74, 6) is 1.95. The van der Waals surface area contributed by atoms with E-state index in [1.807, 2.05) is 37.3 Å². The Bertz CT molecular complexity index is 979. The Morgan fingerprint density at radius 3 is 2.43 bits per heavy atom. The first-order valence-corrected chi connectivity index (χ1v) is 9.61. The fourth-order valence-electron chi connectivity index (χ4n) is 2.89. The number of nitrogens with zero attached hydrogens (tertiary/aromatic N) is 4. The van der Waals surface area contributed by atoms with Crippen LogP contribution in [0.3, 0.4) is 0 Å². The van der Waals surface area contributed by atoms with Crippen molar-refractivity contribution in [2.45, 2.75) is 39.5 Å². The van der Waals surface area contributed by atoms with E-state index in [4.69, 9.17) is 21.6 Å². The summed E-state index contributed by atoms with van der Waals surface area (Å²) in [7, 11) is 0. The Hall–Kier alpha value is -2.97. The van der Waals surface area contributed by atoms with E-state index in [1.54, 1.807) is 12.1 Å². The number of benzene rings is 1. The van der Waals surface area contributed by atoms with Gasteiger partial charge in [-0.05, 0) is 56.4 Å². The van der Waals surface area contributed by atoms with E-state index in [-0.39, 0.29) is 0 Å². The molecule has 6 heteroatoms. The van der Waals surface area contributed by atoms with Crippen molar-refractivity contribution in [2.75, 3.05) is 0 Å². The molecule has 0 aliphatic heterocycles. The quantitative estimate of drug-likeness (QED) is 0.550. The maximum atomic E-state index is 8.80. The van der Waals surface area contributed by atoms with Gasteiger partial charge in [0.15, 0.2) is 0 Å². The standard InChI is InChI=1S/C22H21ClN4O/c1-3-19-22(23)20(27-15(2)26-19)6-4-5-16-7-10-18(11-8-16)28-21-12-9-17(13-24)14-25-21/h7-12,14H,3-6H2,1-2H3. The molecule has 0 radical (unpaired) electrons. The van der Waals surface area contributed by atoms with Crippen LogP contribution in [0.1, 0.15) is 41.7 Å². The summed E-state index contributed by atoms with van der Waals surface area (Å²) in [5, 5.41) is 9.50. The Balaban J connectivity index is 1.56. The molecule has 3 rings (SSSR count). The van der Waals surface area contributed by atoms with Gasteiger partial charge in [0.25, 0.3) is 0 Å². The third-order valence-electron chi connectivity index (χ3n) is 4.33. The minimum atomic E-state index is 0.465. The highest BCUT2D eigenvalue weighted by Gasteiger charge is 2.10. The van der Waals surface area contributed by atoms with Gasteiger partial charge in [0.05, 0.1) is 22.0 Å². The zero-order valence-corrected chi connectivity index (χ0v) is 16.7. The Morgan fingerprint density at radius 2 is 1.79 bits per heavy atom. The predicted octanol–water partition coefficient (Wildman–Crippen LogP) is 5.24. The first-order valence-electron chi connectivity index (χ1n) is 9.24. The number of hydrogen-bond donors (Lipinski definition) is 0. The normalized spacial score (nSPS) is 10.5. The van der Waals surface area contributed by atoms with Crippen LogP contribution in [0.25, 0.3) is 0 Å². The van der Waals surface area contributed by atoms with Crippen LogP contribution in [0.5, 0.6) is 11.6 Å². The van der Waals surface area contributed by atoms with E-state index < -0.39 is 0 Å². The molecule has 28 heavy (non-hydrogen) atoms. The molecular weight excluding hydrogens is 372 g/mol. The summed E-state index contributed by atoms with van der Waals surface area (Å²) in [5.41, 5.74) is 3.57. The van der Waals surface area contributed by atoms with Crippen molar-refractivity contribution >= 4 is 11.6 Å². The molecule has 0 amide bonds. The zero-order valence-electron chi connectivity index (χ0n) is 15.9. The molecule has 5 nitrogen and oxygen atoms in total. The third kappa shape index (κ3) is 5.05. The summed E-state index contributed by atoms with van der Waals surface area (Å²) in [4.78, 5) is 13.0. The Morgan fingerprint density at radius 1 is 1.04 bits per heavy atom. The van der Waals surface area contributed by atoms with Gasteiger partial charge in [0, 0.05) is 12.3 Å². The van der Waals surface area contributed by atoms with E-state index in [9.17, 15) is 0 Å². The number of aryl methyl sites for hydroxylation is 4. The molecule has 2 heterocycles. The molecule has 0 aliphatic rings. The minimum absolute atomic E-state index is 0.465. The zero-order chi connectivity index (χ0) is 19.9. The van der Waals surface area contributed by atoms with Crippen molar-refractivity contribution in [2.24, 2.45) is 0 Å². The second-order valence-corrected chi connectivity index (χ2v) is 6.81. The van der Waals surface area contributed by atoms with Crippen molar-refractivity contribution in [3.63, 3.8) is 0 Å². The largest absolute Gasteiger partial charge is 0.439 e. The smallest absolute Gasteiger partial charge is 0.219 e. The van der Waals surface area contributed by atoms with E-state index in [2.05, 4.69) is 21.9 Å². The first kappa shape index (κ1) is 19.8. The van der Waals surface area contributed by atoms with Crippen molar-refractivity contribution in [3.8, 4) is 17.7 Å². The Labute approximate surface area is 170 Å². The topological polar surface area (TPSA) is 71.7 Å². The number of aromatic nitrogens is 3. The molecule has 0 N–H and O–H groups in total. The predicted molar refractivity (Wildman–Crippen MR) is 109 cm³/mol. The van der Waals surface area contributed by atoms with Gasteiger partial charge in [-0.2, -0.15) is 5.26 Å². The van der Waals surface area contributed by atoms with Crippen LogP contribution in [-0.2, 0) is 19.3 Å². The lowest BCUT2D eigenvalue weighted by Crippen LogP contribution is -2.03. The summed E-state index contributed by atoms with van der Waals surface area (Å²) < 4.78 is 5.71. The van der Waals surface area contributed by atoms with Gasteiger partial charge in [0.1, 0.15) is 17.6 Å². The van der Waals surface area contributed by atoms with Gasteiger partial charge in [0.2, 0.25) is 5.88 Å². The summed E-state index contributed by atoms with van der Waals surface area (Å²) >= 11 is 6.41. The third-order valence-corrected chi connectivity index (χ3v) is 4.76. The monoisotopic (exact) mass is 392 g/mol. The first-order chi connectivity index (χ1) is 13.6. The van der Waals surface area contributed by atoms with E-state index in [0.717, 1.165) is 42.9 Å². The van der Waals surface area contributed by atoms with Gasteiger partial charge in [-0.25, -0.2) is 15.0 Å². The molecule has 0 fully saturated rings. The van der Waals surface area contributed by atoms with Crippen LogP contribution in [0.15, 0.2) is 42.6 Å². The van der Waals surface area contributed by atoms with E-state index in [0.29, 0.717) is 22.2 Å². The van der Waals surface area contributed by atoms with Gasteiger partial charge >= 0.3 is 0 Å². The maximum absolute atomic E-state index is 8.80. The number of halogens is 1. The average molecular weight is 393 g/mol. The highest BCUT2D eigenvalue weighted by atomic mass is 35.5. The van der Waals surface area contributed by atoms with E-state index in [1.165, 1.54) is 11.8 Å². The number of rotatable bonds is 7. The highest BCUT2D eigenvalue weighted by molar-refractivity contribution is 6.31. The van der Waals surface area contributed by atoms with Crippen molar-refractivity contribution in [3.05, 3.63) is 76.0 Å². The van der Waals surface area contributed by atoms with Crippen LogP contribution in [0, 0.1) is 18.3 Å². The fraction of sp³-hybridized carbons (Fsp3) is 0.273. The SMILES string of the molecule is CCc1nc(C)nc(CCCc2ccc(Oc3ccc(C#N)cn3)cc2)c1Cl. The van der Waals surface area contributed by atoms with Gasteiger partial charge in [-0.1, -0.05) is 30.7 Å². The molecule has 0 saturated heterocycles. The van der Waals surface area contributed by atoms with E-state index >= 15 is 0 Å². The van der Waals surface area contributed by atoms with Crippen molar-refractivity contribution in [1.82, 2.24) is 15.0 Å². The molecule has 3 aromatic rings. The Kier molecular flexibility index (Phi) is 6.57. The van der Waals surface area contributed by atoms with Crippen LogP contribution in [-0.4, -0.2) is 15.0 Å². The lowest BCUT2D eigenvalue weighted by molar-refractivity contribution is 0.462. The van der Waals surface area contributed by atoms with Gasteiger partial charge in [-0.3, -0.25) is 0 Å². The lowest BCUT2D eigenvalue weighted by atomic mass is 10.1. The number of nitriles is 1. The second-order valence-electron chi connectivity index (χ2n) is 6.43. The molecule has 2 aromatic heterocycles. The molecule has 0 bridgehead atoms. The van der Waals surface area contributed by atoms with Crippen LogP contribution >= 0.6 is 11.6 Å². The molecule has 0 atom stereocenters. The van der Waals surface area contributed by atoms with Crippen molar-refractivity contribution < 1.29 is 4.74 Å². The molecule has 1 aromatic carbocycles. The highest BCUT2D eigenvalue weighted by Crippen LogP contribution is 2.22. The minimum Gasteiger partial charge on any atom is -0.439 e. The summed E-state index contributed by atoms with van der Waals surface area (Å²) in [6, 6.07) is 13.3. The fourth-order valence-corrected chi connectivity index (χ4v) is 3.20. The van der Waals surface area contributed by atoms with Crippen LogP contribution in [0.2, 0.25) is 5.02 Å². The lowest BCUT2D eigenvalue weighted by Gasteiger charge is -2.09. The van der Waals surface area contributed by atoms with Gasteiger partial charge in [-0.15, -0.1) is 0 Å². The molecule has 142 valence electrons. The van der Waals surface area contributed by atoms with Crippen LogP contribution < -0.4 is 4.74 Å².